The van der Waals surface area contributed by atoms with Crippen molar-refractivity contribution in [3.05, 3.63) is 41.9 Å². The number of carbonyl (C=O) groups excluding carboxylic acids is 1. The van der Waals surface area contributed by atoms with E-state index >= 15 is 0 Å². The largest absolute Gasteiger partial charge is 0.360 e. The maximum absolute atomic E-state index is 12.0. The molecule has 0 saturated carbocycles. The van der Waals surface area contributed by atoms with E-state index in [1.54, 1.807) is 13.0 Å². The summed E-state index contributed by atoms with van der Waals surface area (Å²) in [4.78, 5) is 16.6. The van der Waals surface area contributed by atoms with E-state index in [0.29, 0.717) is 24.5 Å². The van der Waals surface area contributed by atoms with Gasteiger partial charge >= 0.3 is 0 Å². The van der Waals surface area contributed by atoms with Gasteiger partial charge in [0.05, 0.1) is 11.0 Å². The minimum atomic E-state index is -0.0897. The van der Waals surface area contributed by atoms with E-state index in [1.807, 2.05) is 24.3 Å². The highest BCUT2D eigenvalue weighted by molar-refractivity contribution is 5.89. The highest BCUT2D eigenvalue weighted by atomic mass is 16.5. The third kappa shape index (κ3) is 2.86. The molecule has 3 rings (SSSR count). The first-order chi connectivity index (χ1) is 10.7. The number of nitrogens with one attached hydrogen (secondary N) is 1. The molecule has 22 heavy (non-hydrogen) atoms. The number of nitrogens with zero attached hydrogens (tertiary/aromatic N) is 3. The molecular weight excluding hydrogens is 280 g/mol. The first-order valence-corrected chi connectivity index (χ1v) is 7.34. The zero-order valence-electron chi connectivity index (χ0n) is 12.7. The van der Waals surface area contributed by atoms with Gasteiger partial charge in [0.1, 0.15) is 11.6 Å². The molecule has 0 atom stereocenters. The Morgan fingerprint density at radius 1 is 1.36 bits per heavy atom. The molecule has 0 spiro atoms. The van der Waals surface area contributed by atoms with Gasteiger partial charge in [-0.15, -0.1) is 0 Å². The van der Waals surface area contributed by atoms with E-state index < -0.39 is 0 Å². The molecule has 0 radical (unpaired) electrons. The first-order valence-electron chi connectivity index (χ1n) is 7.34. The van der Waals surface area contributed by atoms with Crippen molar-refractivity contribution in [1.29, 1.82) is 0 Å². The van der Waals surface area contributed by atoms with Crippen molar-refractivity contribution >= 4 is 22.8 Å². The minimum Gasteiger partial charge on any atom is -0.360 e. The molecular formula is C16H18N4O2. The van der Waals surface area contributed by atoms with Crippen molar-refractivity contribution in [2.24, 2.45) is 0 Å². The Labute approximate surface area is 128 Å². The zero-order valence-corrected chi connectivity index (χ0v) is 12.7. The molecule has 3 aromatic rings. The number of aromatic nitrogens is 3. The number of hydrogen-bond acceptors (Lipinski definition) is 4. The van der Waals surface area contributed by atoms with Crippen LogP contribution in [-0.2, 0) is 17.8 Å². The lowest BCUT2D eigenvalue weighted by atomic mass is 10.3. The van der Waals surface area contributed by atoms with Crippen LogP contribution in [-0.4, -0.2) is 20.6 Å². The van der Waals surface area contributed by atoms with Crippen molar-refractivity contribution < 1.29 is 9.32 Å². The summed E-state index contributed by atoms with van der Waals surface area (Å²) in [5.74, 6) is 2.03. The molecule has 1 N–H and O–H groups in total. The molecule has 2 heterocycles. The van der Waals surface area contributed by atoms with Crippen LogP contribution < -0.4 is 5.32 Å². The molecule has 0 saturated heterocycles. The topological polar surface area (TPSA) is 73.0 Å². The Morgan fingerprint density at radius 3 is 2.91 bits per heavy atom. The first kappa shape index (κ1) is 14.3. The third-order valence-corrected chi connectivity index (χ3v) is 3.51. The number of rotatable bonds is 5. The van der Waals surface area contributed by atoms with Crippen LogP contribution in [0, 0.1) is 6.92 Å². The van der Waals surface area contributed by atoms with Gasteiger partial charge < -0.3 is 14.4 Å². The highest BCUT2D eigenvalue weighted by Crippen LogP contribution is 2.17. The molecule has 6 heteroatoms. The number of hydrogen-bond donors (Lipinski definition) is 1. The van der Waals surface area contributed by atoms with Gasteiger partial charge in [-0.1, -0.05) is 24.2 Å². The Hall–Kier alpha value is -2.63. The summed E-state index contributed by atoms with van der Waals surface area (Å²) in [6.45, 7) is 4.44. The standard InChI is InChI=1S/C16H18N4O2/c1-3-15-17-12-6-4-5-7-13(12)20(15)9-8-16(21)18-14-10-11(2)22-19-14/h4-7,10H,3,8-9H2,1-2H3,(H,18,19,21). The van der Waals surface area contributed by atoms with Gasteiger partial charge in [0.25, 0.3) is 0 Å². The predicted octanol–water partition coefficient (Wildman–Crippen LogP) is 2.92. The normalized spacial score (nSPS) is 11.0. The molecule has 1 aromatic carbocycles. The van der Waals surface area contributed by atoms with Crippen molar-refractivity contribution in [2.45, 2.75) is 33.2 Å². The van der Waals surface area contributed by atoms with Gasteiger partial charge in [0.15, 0.2) is 5.82 Å². The maximum Gasteiger partial charge on any atom is 0.227 e. The van der Waals surface area contributed by atoms with Crippen LogP contribution in [0.5, 0.6) is 0 Å². The summed E-state index contributed by atoms with van der Waals surface area (Å²) in [6, 6.07) is 9.67. The van der Waals surface area contributed by atoms with Gasteiger partial charge in [-0.05, 0) is 19.1 Å². The van der Waals surface area contributed by atoms with Crippen LogP contribution in [0.15, 0.2) is 34.9 Å². The van der Waals surface area contributed by atoms with Crippen molar-refractivity contribution in [2.75, 3.05) is 5.32 Å². The number of anilines is 1. The maximum atomic E-state index is 12.0. The van der Waals surface area contributed by atoms with Crippen molar-refractivity contribution in [3.8, 4) is 0 Å². The second-order valence-corrected chi connectivity index (χ2v) is 5.14. The Morgan fingerprint density at radius 2 is 2.18 bits per heavy atom. The third-order valence-electron chi connectivity index (χ3n) is 3.51. The fourth-order valence-corrected chi connectivity index (χ4v) is 2.49. The molecule has 0 aliphatic heterocycles. The smallest absolute Gasteiger partial charge is 0.227 e. The molecule has 0 fully saturated rings. The van der Waals surface area contributed by atoms with E-state index in [1.165, 1.54) is 0 Å². The van der Waals surface area contributed by atoms with Crippen LogP contribution in [0.25, 0.3) is 11.0 Å². The summed E-state index contributed by atoms with van der Waals surface area (Å²) < 4.78 is 7.03. The van der Waals surface area contributed by atoms with E-state index in [2.05, 4.69) is 26.9 Å². The lowest BCUT2D eigenvalue weighted by Gasteiger charge is -2.07. The monoisotopic (exact) mass is 298 g/mol. The molecule has 1 amide bonds. The van der Waals surface area contributed by atoms with Gasteiger partial charge in [-0.25, -0.2) is 4.98 Å². The second-order valence-electron chi connectivity index (χ2n) is 5.14. The van der Waals surface area contributed by atoms with E-state index in [4.69, 9.17) is 4.52 Å². The Bertz CT molecular complexity index is 803. The molecule has 0 aliphatic carbocycles. The summed E-state index contributed by atoms with van der Waals surface area (Å²) in [5, 5.41) is 6.49. The number of amides is 1. The summed E-state index contributed by atoms with van der Waals surface area (Å²) in [7, 11) is 0. The van der Waals surface area contributed by atoms with Crippen LogP contribution in [0.2, 0.25) is 0 Å². The van der Waals surface area contributed by atoms with E-state index in [0.717, 1.165) is 23.3 Å². The molecule has 0 unspecified atom stereocenters. The van der Waals surface area contributed by atoms with Crippen LogP contribution in [0.1, 0.15) is 24.9 Å². The fourth-order valence-electron chi connectivity index (χ4n) is 2.49. The SMILES string of the molecule is CCc1nc2ccccc2n1CCC(=O)Nc1cc(C)on1. The fraction of sp³-hybridized carbons (Fsp3) is 0.312. The average Bonchev–Trinajstić information content (AvgIpc) is 3.08. The highest BCUT2D eigenvalue weighted by Gasteiger charge is 2.11. The van der Waals surface area contributed by atoms with Crippen molar-refractivity contribution in [3.63, 3.8) is 0 Å². The lowest BCUT2D eigenvalue weighted by Crippen LogP contribution is -2.15. The van der Waals surface area contributed by atoms with Crippen molar-refractivity contribution in [1.82, 2.24) is 14.7 Å². The number of imidazole rings is 1. The number of carbonyl (C=O) groups is 1. The predicted molar refractivity (Wildman–Crippen MR) is 83.6 cm³/mol. The molecule has 0 bridgehead atoms. The summed E-state index contributed by atoms with van der Waals surface area (Å²) in [6.07, 6.45) is 1.19. The summed E-state index contributed by atoms with van der Waals surface area (Å²) in [5.41, 5.74) is 2.02. The van der Waals surface area contributed by atoms with Gasteiger partial charge in [0, 0.05) is 25.5 Å². The van der Waals surface area contributed by atoms with Gasteiger partial charge in [0.2, 0.25) is 5.91 Å². The average molecular weight is 298 g/mol. The quantitative estimate of drug-likeness (QED) is 0.786. The number of benzene rings is 1. The molecule has 2 aromatic heterocycles. The number of aryl methyl sites for hydroxylation is 3. The number of para-hydroxylation sites is 2. The Balaban J connectivity index is 1.72. The lowest BCUT2D eigenvalue weighted by molar-refractivity contribution is -0.116. The van der Waals surface area contributed by atoms with Crippen LogP contribution >= 0.6 is 0 Å². The molecule has 6 nitrogen and oxygen atoms in total. The number of fused-ring (bicyclic) bond motifs is 1. The van der Waals surface area contributed by atoms with Crippen LogP contribution in [0.3, 0.4) is 0 Å². The zero-order chi connectivity index (χ0) is 15.5. The van der Waals surface area contributed by atoms with Gasteiger partial charge in [-0.2, -0.15) is 0 Å². The second kappa shape index (κ2) is 6.01. The Kier molecular flexibility index (Phi) is 3.91. The van der Waals surface area contributed by atoms with E-state index in [-0.39, 0.29) is 5.91 Å². The summed E-state index contributed by atoms with van der Waals surface area (Å²) >= 11 is 0. The van der Waals surface area contributed by atoms with E-state index in [9.17, 15) is 4.79 Å². The van der Waals surface area contributed by atoms with Crippen LogP contribution in [0.4, 0.5) is 5.82 Å². The molecule has 114 valence electrons. The van der Waals surface area contributed by atoms with Gasteiger partial charge in [-0.3, -0.25) is 4.79 Å². The molecule has 0 aliphatic rings. The minimum absolute atomic E-state index is 0.0897.